The Balaban J connectivity index is 2.18. The summed E-state index contributed by atoms with van der Waals surface area (Å²) in [6.45, 7) is 0.310. The van der Waals surface area contributed by atoms with Crippen LogP contribution in [0.15, 0.2) is 22.7 Å². The zero-order valence-corrected chi connectivity index (χ0v) is 10.2. The molecule has 0 atom stereocenters. The second-order valence-electron chi connectivity index (χ2n) is 4.04. The number of benzene rings is 1. The van der Waals surface area contributed by atoms with Crippen LogP contribution in [0.25, 0.3) is 0 Å². The number of carbonyl (C=O) groups is 1. The van der Waals surface area contributed by atoms with Gasteiger partial charge in [0.2, 0.25) is 5.91 Å². The number of anilines is 1. The Morgan fingerprint density at radius 1 is 1.56 bits per heavy atom. The molecule has 0 radical (unpaired) electrons. The molecule has 16 heavy (non-hydrogen) atoms. The number of hydrogen-bond donors (Lipinski definition) is 2. The van der Waals surface area contributed by atoms with Crippen molar-refractivity contribution in [2.24, 2.45) is 11.1 Å². The van der Waals surface area contributed by atoms with Crippen LogP contribution in [0.2, 0.25) is 0 Å². The van der Waals surface area contributed by atoms with Gasteiger partial charge in [0.15, 0.2) is 0 Å². The van der Waals surface area contributed by atoms with Crippen molar-refractivity contribution in [1.29, 1.82) is 0 Å². The summed E-state index contributed by atoms with van der Waals surface area (Å²) in [6, 6.07) is 4.56. The Hall–Kier alpha value is -0.940. The zero-order valence-electron chi connectivity index (χ0n) is 8.59. The normalized spacial score (nSPS) is 16.9. The van der Waals surface area contributed by atoms with Gasteiger partial charge in [0.1, 0.15) is 5.82 Å². The molecule has 0 aliphatic heterocycles. The lowest BCUT2D eigenvalue weighted by Gasteiger charge is -2.14. The number of carbonyl (C=O) groups excluding carboxylic acids is 1. The summed E-state index contributed by atoms with van der Waals surface area (Å²) < 4.78 is 14.0. The molecule has 5 heteroatoms. The number of rotatable bonds is 3. The monoisotopic (exact) mass is 286 g/mol. The van der Waals surface area contributed by atoms with E-state index in [0.29, 0.717) is 11.0 Å². The summed E-state index contributed by atoms with van der Waals surface area (Å²) in [5.41, 5.74) is 5.25. The number of nitrogens with two attached hydrogens (primary N) is 1. The van der Waals surface area contributed by atoms with Crippen molar-refractivity contribution < 1.29 is 9.18 Å². The third-order valence-electron chi connectivity index (χ3n) is 2.93. The van der Waals surface area contributed by atoms with Crippen molar-refractivity contribution in [2.45, 2.75) is 12.8 Å². The highest BCUT2D eigenvalue weighted by Crippen LogP contribution is 2.45. The van der Waals surface area contributed by atoms with Crippen LogP contribution in [0, 0.1) is 11.2 Å². The molecule has 0 spiro atoms. The Morgan fingerprint density at radius 3 is 2.75 bits per heavy atom. The van der Waals surface area contributed by atoms with Crippen LogP contribution < -0.4 is 11.1 Å². The smallest absolute Gasteiger partial charge is 0.231 e. The molecular weight excluding hydrogens is 275 g/mol. The van der Waals surface area contributed by atoms with Gasteiger partial charge in [-0.2, -0.15) is 0 Å². The van der Waals surface area contributed by atoms with E-state index in [0.717, 1.165) is 12.8 Å². The lowest BCUT2D eigenvalue weighted by molar-refractivity contribution is -0.120. The van der Waals surface area contributed by atoms with Gasteiger partial charge in [-0.25, -0.2) is 4.39 Å². The Morgan fingerprint density at radius 2 is 2.25 bits per heavy atom. The fraction of sp³-hybridized carbons (Fsp3) is 0.364. The second kappa shape index (κ2) is 4.14. The molecule has 0 unspecified atom stereocenters. The second-order valence-corrected chi connectivity index (χ2v) is 4.89. The first-order valence-electron chi connectivity index (χ1n) is 5.05. The van der Waals surface area contributed by atoms with Crippen molar-refractivity contribution in [3.63, 3.8) is 0 Å². The van der Waals surface area contributed by atoms with Crippen molar-refractivity contribution >= 4 is 27.5 Å². The van der Waals surface area contributed by atoms with Gasteiger partial charge >= 0.3 is 0 Å². The van der Waals surface area contributed by atoms with Crippen molar-refractivity contribution in [3.8, 4) is 0 Å². The lowest BCUT2D eigenvalue weighted by Crippen LogP contribution is -2.31. The maximum Gasteiger partial charge on any atom is 0.231 e. The fourth-order valence-electron chi connectivity index (χ4n) is 1.54. The standard InChI is InChI=1S/C11H12BrFN2O/c12-7-2-1-3-8(13)9(7)15-10(16)11(6-14)4-5-11/h1-3H,4-6,14H2,(H,15,16). The summed E-state index contributed by atoms with van der Waals surface area (Å²) in [5, 5.41) is 2.59. The molecule has 1 aliphatic carbocycles. The maximum atomic E-state index is 13.4. The van der Waals surface area contributed by atoms with Crippen LogP contribution >= 0.6 is 15.9 Å². The van der Waals surface area contributed by atoms with Gasteiger partial charge in [-0.05, 0) is 40.9 Å². The summed E-state index contributed by atoms with van der Waals surface area (Å²) in [6.07, 6.45) is 1.56. The molecule has 0 heterocycles. The van der Waals surface area contributed by atoms with Gasteiger partial charge in [0.25, 0.3) is 0 Å². The predicted molar refractivity (Wildman–Crippen MR) is 63.5 cm³/mol. The van der Waals surface area contributed by atoms with Gasteiger partial charge in [-0.3, -0.25) is 4.79 Å². The minimum atomic E-state index is -0.471. The minimum Gasteiger partial charge on any atom is -0.329 e. The molecule has 3 N–H and O–H groups in total. The van der Waals surface area contributed by atoms with Crippen LogP contribution in [0.5, 0.6) is 0 Å². The molecule has 0 bridgehead atoms. The molecule has 3 nitrogen and oxygen atoms in total. The van der Waals surface area contributed by atoms with E-state index >= 15 is 0 Å². The summed E-state index contributed by atoms with van der Waals surface area (Å²) in [5.74, 6) is -0.642. The van der Waals surface area contributed by atoms with Gasteiger partial charge in [-0.15, -0.1) is 0 Å². The molecular formula is C11H12BrFN2O. The van der Waals surface area contributed by atoms with E-state index in [1.165, 1.54) is 6.07 Å². The topological polar surface area (TPSA) is 55.1 Å². The van der Waals surface area contributed by atoms with Gasteiger partial charge in [0, 0.05) is 11.0 Å². The van der Waals surface area contributed by atoms with E-state index < -0.39 is 11.2 Å². The van der Waals surface area contributed by atoms with Gasteiger partial charge in [0.05, 0.1) is 11.1 Å². The first-order chi connectivity index (χ1) is 7.59. The quantitative estimate of drug-likeness (QED) is 0.896. The minimum absolute atomic E-state index is 0.187. The van der Waals surface area contributed by atoms with Crippen LogP contribution in [-0.2, 0) is 4.79 Å². The summed E-state index contributed by atoms with van der Waals surface area (Å²) in [7, 11) is 0. The van der Waals surface area contributed by atoms with Crippen molar-refractivity contribution in [3.05, 3.63) is 28.5 Å². The van der Waals surface area contributed by atoms with Crippen molar-refractivity contribution in [2.75, 3.05) is 11.9 Å². The van der Waals surface area contributed by atoms with Crippen molar-refractivity contribution in [1.82, 2.24) is 0 Å². The molecule has 2 rings (SSSR count). The van der Waals surface area contributed by atoms with Gasteiger partial charge in [-0.1, -0.05) is 6.07 Å². The average Bonchev–Trinajstić information content (AvgIpc) is 3.04. The van der Waals surface area contributed by atoms with E-state index in [9.17, 15) is 9.18 Å². The number of para-hydroxylation sites is 1. The van der Waals surface area contributed by atoms with Crippen LogP contribution in [0.4, 0.5) is 10.1 Å². The predicted octanol–water partition coefficient (Wildman–Crippen LogP) is 2.27. The SMILES string of the molecule is NCC1(C(=O)Nc2c(F)cccc2Br)CC1. The van der Waals surface area contributed by atoms with E-state index in [4.69, 9.17) is 5.73 Å². The molecule has 1 aliphatic rings. The maximum absolute atomic E-state index is 13.4. The number of amides is 1. The molecule has 0 saturated heterocycles. The van der Waals surface area contributed by atoms with Crippen LogP contribution in [0.3, 0.4) is 0 Å². The zero-order chi connectivity index (χ0) is 11.8. The Bertz CT molecular complexity index is 412. The van der Waals surface area contributed by atoms with Crippen LogP contribution in [0.1, 0.15) is 12.8 Å². The Kier molecular flexibility index (Phi) is 2.99. The molecule has 0 aromatic heterocycles. The molecule has 1 aromatic carbocycles. The van der Waals surface area contributed by atoms with E-state index in [-0.39, 0.29) is 11.6 Å². The summed E-state index contributed by atoms with van der Waals surface area (Å²) >= 11 is 3.20. The number of nitrogens with one attached hydrogen (secondary N) is 1. The molecule has 1 saturated carbocycles. The number of hydrogen-bond acceptors (Lipinski definition) is 2. The third kappa shape index (κ3) is 1.97. The first-order valence-corrected chi connectivity index (χ1v) is 5.84. The largest absolute Gasteiger partial charge is 0.329 e. The molecule has 1 aromatic rings. The first kappa shape index (κ1) is 11.5. The van der Waals surface area contributed by atoms with Crippen LogP contribution in [-0.4, -0.2) is 12.5 Å². The summed E-state index contributed by atoms with van der Waals surface area (Å²) in [4.78, 5) is 11.9. The highest BCUT2D eigenvalue weighted by molar-refractivity contribution is 9.10. The molecule has 1 amide bonds. The average molecular weight is 287 g/mol. The van der Waals surface area contributed by atoms with E-state index in [2.05, 4.69) is 21.2 Å². The third-order valence-corrected chi connectivity index (χ3v) is 3.59. The molecule has 86 valence electrons. The van der Waals surface area contributed by atoms with E-state index in [1.807, 2.05) is 0 Å². The molecule has 1 fully saturated rings. The highest BCUT2D eigenvalue weighted by atomic mass is 79.9. The fourth-order valence-corrected chi connectivity index (χ4v) is 1.98. The lowest BCUT2D eigenvalue weighted by atomic mass is 10.1. The van der Waals surface area contributed by atoms with Gasteiger partial charge < -0.3 is 11.1 Å². The van der Waals surface area contributed by atoms with E-state index in [1.54, 1.807) is 12.1 Å². The number of halogens is 2. The Labute approximate surface area is 101 Å². The highest BCUT2D eigenvalue weighted by Gasteiger charge is 2.48.